The highest BCUT2D eigenvalue weighted by molar-refractivity contribution is 7.99. The molecule has 0 aliphatic heterocycles. The number of anilines is 1. The van der Waals surface area contributed by atoms with E-state index >= 15 is 0 Å². The second-order valence-corrected chi connectivity index (χ2v) is 10.5. The Balaban J connectivity index is 1.37. The third kappa shape index (κ3) is 4.55. The number of rotatable bonds is 6. The van der Waals surface area contributed by atoms with Crippen molar-refractivity contribution in [2.45, 2.75) is 44.7 Å². The van der Waals surface area contributed by atoms with Gasteiger partial charge in [0.05, 0.1) is 11.1 Å². The third-order valence-electron chi connectivity index (χ3n) is 6.34. The number of aromatic amines is 1. The van der Waals surface area contributed by atoms with Crippen molar-refractivity contribution < 1.29 is 4.79 Å². The summed E-state index contributed by atoms with van der Waals surface area (Å²) in [6.45, 7) is 4.56. The number of H-pyrrole nitrogens is 1. The van der Waals surface area contributed by atoms with Gasteiger partial charge in [-0.05, 0) is 73.9 Å². The molecular weight excluding hydrogens is 462 g/mol. The van der Waals surface area contributed by atoms with E-state index in [4.69, 9.17) is 0 Å². The maximum Gasteiger partial charge on any atom is 0.260 e. The van der Waals surface area contributed by atoms with Gasteiger partial charge < -0.3 is 9.88 Å². The van der Waals surface area contributed by atoms with Crippen molar-refractivity contribution in [3.8, 4) is 11.1 Å². The zero-order valence-corrected chi connectivity index (χ0v) is 21.0. The Bertz CT molecular complexity index is 1420. The van der Waals surface area contributed by atoms with E-state index in [0.717, 1.165) is 35.2 Å². The molecule has 1 aliphatic carbocycles. The number of amides is 1. The summed E-state index contributed by atoms with van der Waals surface area (Å²) in [5.41, 5.74) is 6.68. The molecule has 0 radical (unpaired) electrons. The van der Waals surface area contributed by atoms with Gasteiger partial charge in [-0.2, -0.15) is 0 Å². The van der Waals surface area contributed by atoms with Gasteiger partial charge in [0.1, 0.15) is 4.83 Å². The molecule has 1 N–H and O–H groups in total. The van der Waals surface area contributed by atoms with Crippen molar-refractivity contribution in [2.24, 2.45) is 0 Å². The Morgan fingerprint density at radius 3 is 2.76 bits per heavy atom. The van der Waals surface area contributed by atoms with Gasteiger partial charge in [-0.1, -0.05) is 42.1 Å². The van der Waals surface area contributed by atoms with Crippen LogP contribution in [-0.4, -0.2) is 28.2 Å². The lowest BCUT2D eigenvalue weighted by Gasteiger charge is -2.21. The van der Waals surface area contributed by atoms with Crippen LogP contribution in [0.5, 0.6) is 0 Å². The number of nitrogens with zero attached hydrogens (tertiary/aromatic N) is 2. The topological polar surface area (TPSA) is 66.1 Å². The molecule has 1 amide bonds. The van der Waals surface area contributed by atoms with Crippen LogP contribution in [0.2, 0.25) is 0 Å². The highest BCUT2D eigenvalue weighted by atomic mass is 32.2. The normalized spacial score (nSPS) is 13.1. The SMILES string of the molecule is CCN(C(=O)CSc1nc2scc(-c3ccc4c(c3)CCCC4)c2c(=O)[nH]1)c1cccc(C)c1. The maximum atomic E-state index is 13.0. The predicted molar refractivity (Wildman–Crippen MR) is 142 cm³/mol. The molecule has 5 rings (SSSR count). The fraction of sp³-hybridized carbons (Fsp3) is 0.296. The maximum absolute atomic E-state index is 13.0. The fourth-order valence-corrected chi connectivity index (χ4v) is 6.36. The largest absolute Gasteiger partial charge is 0.312 e. The minimum absolute atomic E-state index is 0.0122. The Morgan fingerprint density at radius 2 is 1.97 bits per heavy atom. The molecule has 1 aliphatic rings. The van der Waals surface area contributed by atoms with Gasteiger partial charge in [0.2, 0.25) is 5.91 Å². The number of aromatic nitrogens is 2. The highest BCUT2D eigenvalue weighted by Gasteiger charge is 2.18. The van der Waals surface area contributed by atoms with Gasteiger partial charge in [0.25, 0.3) is 5.56 Å². The first-order chi connectivity index (χ1) is 16.5. The molecule has 0 fully saturated rings. The quantitative estimate of drug-likeness (QED) is 0.267. The molecule has 34 heavy (non-hydrogen) atoms. The fourth-order valence-electron chi connectivity index (χ4n) is 4.62. The number of carbonyl (C=O) groups is 1. The zero-order valence-electron chi connectivity index (χ0n) is 19.4. The summed E-state index contributed by atoms with van der Waals surface area (Å²) in [5, 5.41) is 3.13. The first kappa shape index (κ1) is 22.9. The predicted octanol–water partition coefficient (Wildman–Crippen LogP) is 5.98. The number of nitrogens with one attached hydrogen (secondary N) is 1. The zero-order chi connectivity index (χ0) is 23.7. The van der Waals surface area contributed by atoms with Crippen molar-refractivity contribution in [3.05, 3.63) is 74.9 Å². The van der Waals surface area contributed by atoms with Crippen LogP contribution in [0.15, 0.2) is 57.8 Å². The van der Waals surface area contributed by atoms with Crippen molar-refractivity contribution >= 4 is 44.9 Å². The highest BCUT2D eigenvalue weighted by Crippen LogP contribution is 2.34. The number of hydrogen-bond acceptors (Lipinski definition) is 5. The minimum atomic E-state index is -0.153. The van der Waals surface area contributed by atoms with Crippen LogP contribution < -0.4 is 10.5 Å². The summed E-state index contributed by atoms with van der Waals surface area (Å²) in [4.78, 5) is 36.0. The number of benzene rings is 2. The van der Waals surface area contributed by atoms with Crippen molar-refractivity contribution in [2.75, 3.05) is 17.2 Å². The lowest BCUT2D eigenvalue weighted by atomic mass is 9.89. The van der Waals surface area contributed by atoms with Crippen LogP contribution in [0.1, 0.15) is 36.5 Å². The van der Waals surface area contributed by atoms with E-state index in [1.54, 1.807) is 4.90 Å². The van der Waals surface area contributed by atoms with Crippen LogP contribution in [0.3, 0.4) is 0 Å². The average Bonchev–Trinajstić information content (AvgIpc) is 3.28. The van der Waals surface area contributed by atoms with Gasteiger partial charge in [-0.25, -0.2) is 4.98 Å². The van der Waals surface area contributed by atoms with Crippen molar-refractivity contribution in [3.63, 3.8) is 0 Å². The Labute approximate surface area is 207 Å². The number of carbonyl (C=O) groups excluding carboxylic acids is 1. The first-order valence-electron chi connectivity index (χ1n) is 11.7. The van der Waals surface area contributed by atoms with Gasteiger partial charge in [-0.15, -0.1) is 11.3 Å². The molecule has 0 spiro atoms. The smallest absolute Gasteiger partial charge is 0.260 e. The van der Waals surface area contributed by atoms with Crippen molar-refractivity contribution in [1.82, 2.24) is 9.97 Å². The van der Waals surface area contributed by atoms with E-state index < -0.39 is 0 Å². The first-order valence-corrected chi connectivity index (χ1v) is 13.5. The molecule has 7 heteroatoms. The van der Waals surface area contributed by atoms with Crippen LogP contribution >= 0.6 is 23.1 Å². The monoisotopic (exact) mass is 489 g/mol. The number of fused-ring (bicyclic) bond motifs is 2. The number of thioether (sulfide) groups is 1. The Hall–Kier alpha value is -2.90. The van der Waals surface area contributed by atoms with Crippen LogP contribution in [0.4, 0.5) is 5.69 Å². The van der Waals surface area contributed by atoms with E-state index in [1.807, 2.05) is 43.5 Å². The standard InChI is InChI=1S/C27H27N3O2S2/c1-3-30(21-10-6-7-17(2)13-21)23(31)16-34-27-28-25(32)24-22(15-33-26(24)29-27)20-12-11-18-8-4-5-9-19(18)14-20/h6-7,10-15H,3-5,8-9,16H2,1-2H3,(H,28,29,32). The third-order valence-corrected chi connectivity index (χ3v) is 8.07. The molecule has 0 atom stereocenters. The lowest BCUT2D eigenvalue weighted by molar-refractivity contribution is -0.116. The molecule has 4 aromatic rings. The second-order valence-electron chi connectivity index (χ2n) is 8.66. The summed E-state index contributed by atoms with van der Waals surface area (Å²) in [5.74, 6) is 0.195. The second kappa shape index (κ2) is 9.76. The molecule has 0 saturated carbocycles. The molecule has 2 heterocycles. The Morgan fingerprint density at radius 1 is 1.15 bits per heavy atom. The number of aryl methyl sites for hydroxylation is 3. The molecule has 2 aromatic carbocycles. The van der Waals surface area contributed by atoms with E-state index in [-0.39, 0.29) is 17.2 Å². The molecule has 174 valence electrons. The van der Waals surface area contributed by atoms with Gasteiger partial charge >= 0.3 is 0 Å². The average molecular weight is 490 g/mol. The summed E-state index contributed by atoms with van der Waals surface area (Å²) >= 11 is 2.75. The van der Waals surface area contributed by atoms with Gasteiger partial charge in [0, 0.05) is 23.2 Å². The van der Waals surface area contributed by atoms with E-state index in [2.05, 4.69) is 28.2 Å². The molecule has 0 bridgehead atoms. The number of hydrogen-bond donors (Lipinski definition) is 1. The van der Waals surface area contributed by atoms with E-state index in [0.29, 0.717) is 21.9 Å². The van der Waals surface area contributed by atoms with Crippen LogP contribution in [0.25, 0.3) is 21.3 Å². The molecule has 2 aromatic heterocycles. The van der Waals surface area contributed by atoms with Gasteiger partial charge in [0.15, 0.2) is 5.16 Å². The van der Waals surface area contributed by atoms with Crippen LogP contribution in [-0.2, 0) is 17.6 Å². The number of thiophene rings is 1. The summed E-state index contributed by atoms with van der Waals surface area (Å²) in [7, 11) is 0. The van der Waals surface area contributed by atoms with Crippen LogP contribution in [0, 0.1) is 6.92 Å². The van der Waals surface area contributed by atoms with E-state index in [9.17, 15) is 9.59 Å². The lowest BCUT2D eigenvalue weighted by Crippen LogP contribution is -2.32. The molecule has 0 saturated heterocycles. The Kier molecular flexibility index (Phi) is 6.57. The van der Waals surface area contributed by atoms with E-state index in [1.165, 1.54) is 47.1 Å². The summed E-state index contributed by atoms with van der Waals surface area (Å²) in [6, 6.07) is 14.5. The molecule has 0 unspecified atom stereocenters. The minimum Gasteiger partial charge on any atom is -0.312 e. The molecule has 5 nitrogen and oxygen atoms in total. The van der Waals surface area contributed by atoms with Crippen molar-refractivity contribution in [1.29, 1.82) is 0 Å². The summed E-state index contributed by atoms with van der Waals surface area (Å²) < 4.78 is 0. The molecular formula is C27H27N3O2S2. The van der Waals surface area contributed by atoms with Gasteiger partial charge in [-0.3, -0.25) is 9.59 Å². The summed E-state index contributed by atoms with van der Waals surface area (Å²) in [6.07, 6.45) is 4.72.